The molecule has 0 spiro atoms. The van der Waals surface area contributed by atoms with Gasteiger partial charge in [0.2, 0.25) is 0 Å². The summed E-state index contributed by atoms with van der Waals surface area (Å²) >= 11 is 12.9. The van der Waals surface area contributed by atoms with Gasteiger partial charge >= 0.3 is 12.1 Å². The van der Waals surface area contributed by atoms with Gasteiger partial charge in [0.05, 0.1) is 0 Å². The Kier molecular flexibility index (Phi) is 10.8. The van der Waals surface area contributed by atoms with Crippen molar-refractivity contribution < 1.29 is 19.1 Å². The molecule has 11 heteroatoms. The fourth-order valence-electron chi connectivity index (χ4n) is 7.80. The molecule has 2 aromatic rings. The van der Waals surface area contributed by atoms with Crippen LogP contribution < -0.4 is 5.32 Å². The summed E-state index contributed by atoms with van der Waals surface area (Å²) in [6.07, 6.45) is 5.18. The first-order valence-corrected chi connectivity index (χ1v) is 17.9. The number of rotatable bonds is 6. The number of para-hydroxylation sites is 1. The summed E-state index contributed by atoms with van der Waals surface area (Å²) in [5.41, 5.74) is 3.52. The zero-order valence-corrected chi connectivity index (χ0v) is 29.1. The number of likely N-dealkylation sites (tertiary alicyclic amines) is 3. The van der Waals surface area contributed by atoms with Gasteiger partial charge in [-0.05, 0) is 119 Å². The van der Waals surface area contributed by atoms with E-state index in [1.165, 1.54) is 12.8 Å². The fraction of sp³-hybridized carbons (Fsp3) is 0.583. The van der Waals surface area contributed by atoms with Crippen molar-refractivity contribution in [3.63, 3.8) is 0 Å². The lowest BCUT2D eigenvalue weighted by Gasteiger charge is -2.40. The Labute approximate surface area is 288 Å². The topological polar surface area (TPSA) is 85.4 Å². The number of hydrogen-bond acceptors (Lipinski definition) is 5. The van der Waals surface area contributed by atoms with Crippen LogP contribution in [0.15, 0.2) is 36.4 Å². The van der Waals surface area contributed by atoms with Crippen molar-refractivity contribution in [2.24, 2.45) is 11.8 Å². The number of carbonyl (C=O) groups is 3. The third-order valence-corrected chi connectivity index (χ3v) is 11.7. The second-order valence-electron chi connectivity index (χ2n) is 13.8. The van der Waals surface area contributed by atoms with Gasteiger partial charge in [0.1, 0.15) is 0 Å². The summed E-state index contributed by atoms with van der Waals surface area (Å²) in [6, 6.07) is 11.4. The van der Waals surface area contributed by atoms with Crippen molar-refractivity contribution in [2.75, 3.05) is 58.2 Å². The molecule has 0 aromatic heterocycles. The molecule has 0 radical (unpaired) electrons. The van der Waals surface area contributed by atoms with Crippen LogP contribution in [0.1, 0.15) is 55.2 Å². The summed E-state index contributed by atoms with van der Waals surface area (Å²) in [4.78, 5) is 48.5. The third kappa shape index (κ3) is 8.01. The molecular weight excluding hydrogens is 637 g/mol. The number of benzene rings is 2. The maximum Gasteiger partial charge on any atom is 0.410 e. The van der Waals surface area contributed by atoms with Crippen LogP contribution in [0, 0.1) is 18.8 Å². The van der Waals surface area contributed by atoms with Crippen LogP contribution in [0.25, 0.3) is 0 Å². The van der Waals surface area contributed by atoms with Crippen molar-refractivity contribution in [1.82, 2.24) is 19.6 Å². The van der Waals surface area contributed by atoms with Gasteiger partial charge in [-0.2, -0.15) is 0 Å². The molecule has 4 heterocycles. The highest BCUT2D eigenvalue weighted by atomic mass is 35.5. The van der Waals surface area contributed by atoms with Crippen molar-refractivity contribution in [3.8, 4) is 0 Å². The number of nitrogens with one attached hydrogen (secondary N) is 1. The van der Waals surface area contributed by atoms with E-state index in [2.05, 4.69) is 17.3 Å². The predicted molar refractivity (Wildman–Crippen MR) is 185 cm³/mol. The van der Waals surface area contributed by atoms with Crippen LogP contribution in [-0.4, -0.2) is 103 Å². The average Bonchev–Trinajstić information content (AvgIpc) is 3.25. The second-order valence-corrected chi connectivity index (χ2v) is 14.6. The minimum Gasteiger partial charge on any atom is -0.436 e. The van der Waals surface area contributed by atoms with Gasteiger partial charge in [0.15, 0.2) is 6.10 Å². The Balaban J connectivity index is 1.08. The second kappa shape index (κ2) is 15.0. The molecule has 0 unspecified atom stereocenters. The molecule has 4 aliphatic rings. The molecule has 2 aromatic carbocycles. The van der Waals surface area contributed by atoms with Crippen molar-refractivity contribution in [2.45, 2.75) is 70.4 Å². The number of amides is 4. The SMILES string of the molecule is Cc1c(Cl)cc(C[C@@H](OC(=O)N2CCC(N3CCc4ccccc4NC3=O)CC2)C(=O)N2CCC(C3CCN(C)CC3)CC2)cc1Cl. The number of hydrogen-bond donors (Lipinski definition) is 1. The van der Waals surface area contributed by atoms with E-state index in [0.29, 0.717) is 67.4 Å². The van der Waals surface area contributed by atoms with Gasteiger partial charge in [0.25, 0.3) is 5.91 Å². The molecule has 0 aliphatic carbocycles. The van der Waals surface area contributed by atoms with Crippen molar-refractivity contribution >= 4 is 46.9 Å². The molecule has 1 atom stereocenters. The van der Waals surface area contributed by atoms with Gasteiger partial charge in [0, 0.05) is 60.9 Å². The highest BCUT2D eigenvalue weighted by molar-refractivity contribution is 6.36. The Morgan fingerprint density at radius 2 is 1.47 bits per heavy atom. The summed E-state index contributed by atoms with van der Waals surface area (Å²) < 4.78 is 6.05. The lowest BCUT2D eigenvalue weighted by Crippen LogP contribution is -2.52. The van der Waals surface area contributed by atoms with Crippen LogP contribution in [-0.2, 0) is 22.4 Å². The van der Waals surface area contributed by atoms with E-state index < -0.39 is 12.2 Å². The zero-order chi connectivity index (χ0) is 33.1. The predicted octanol–water partition coefficient (Wildman–Crippen LogP) is 6.48. The van der Waals surface area contributed by atoms with Crippen molar-refractivity contribution in [3.05, 3.63) is 63.1 Å². The summed E-state index contributed by atoms with van der Waals surface area (Å²) in [5, 5.41) is 4.09. The molecule has 1 N–H and O–H groups in total. The zero-order valence-electron chi connectivity index (χ0n) is 27.6. The van der Waals surface area contributed by atoms with Gasteiger partial charge in [-0.3, -0.25) is 4.79 Å². The van der Waals surface area contributed by atoms with Gasteiger partial charge in [-0.25, -0.2) is 9.59 Å². The van der Waals surface area contributed by atoms with E-state index in [1.54, 1.807) is 17.0 Å². The molecule has 0 saturated carbocycles. The standard InChI is InChI=1S/C36H47Cl2N5O4/c1-24-30(37)21-25(22-31(24)38)23-33(34(44)41-16-9-27(10-17-41)26-7-14-40(2)15-8-26)47-36(46)42-18-12-29(13-19-42)43-20-11-28-5-3-4-6-32(28)39-35(43)45/h3-6,21-22,26-27,29,33H,7-20,23H2,1-2H3,(H,39,45)/t33-/m1/s1. The number of ether oxygens (including phenoxy) is 1. The van der Waals surface area contributed by atoms with Crippen molar-refractivity contribution in [1.29, 1.82) is 0 Å². The maximum absolute atomic E-state index is 14.0. The molecule has 9 nitrogen and oxygen atoms in total. The molecular formula is C36H47Cl2N5O4. The smallest absolute Gasteiger partial charge is 0.410 e. The number of anilines is 1. The summed E-state index contributed by atoms with van der Waals surface area (Å²) in [5.74, 6) is 1.18. The highest BCUT2D eigenvalue weighted by Gasteiger charge is 2.37. The van der Waals surface area contributed by atoms with E-state index in [1.807, 2.05) is 41.0 Å². The minimum absolute atomic E-state index is 0.0218. The molecule has 254 valence electrons. The minimum atomic E-state index is -0.982. The van der Waals surface area contributed by atoms with Crippen LogP contribution in [0.3, 0.4) is 0 Å². The molecule has 6 rings (SSSR count). The Hall–Kier alpha value is -3.01. The molecule has 4 amide bonds. The monoisotopic (exact) mass is 683 g/mol. The number of fused-ring (bicyclic) bond motifs is 1. The molecule has 47 heavy (non-hydrogen) atoms. The number of piperidine rings is 3. The Bertz CT molecular complexity index is 1430. The van der Waals surface area contributed by atoms with E-state index in [9.17, 15) is 14.4 Å². The molecule has 0 bridgehead atoms. The molecule has 3 saturated heterocycles. The number of nitrogens with zero attached hydrogens (tertiary/aromatic N) is 4. The summed E-state index contributed by atoms with van der Waals surface area (Å²) in [7, 11) is 2.18. The van der Waals surface area contributed by atoms with Crippen LogP contribution >= 0.6 is 23.2 Å². The number of carbonyl (C=O) groups excluding carboxylic acids is 3. The summed E-state index contributed by atoms with van der Waals surface area (Å²) in [6.45, 7) is 7.00. The van der Waals surface area contributed by atoms with E-state index in [-0.39, 0.29) is 24.4 Å². The normalized spacial score (nSPS) is 21.2. The first kappa shape index (κ1) is 33.9. The Morgan fingerprint density at radius 1 is 0.872 bits per heavy atom. The lowest BCUT2D eigenvalue weighted by atomic mass is 9.79. The molecule has 3 fully saturated rings. The largest absolute Gasteiger partial charge is 0.436 e. The quantitative estimate of drug-likeness (QED) is 0.377. The van der Waals surface area contributed by atoms with Gasteiger partial charge in [-0.15, -0.1) is 0 Å². The van der Waals surface area contributed by atoms with Crippen LogP contribution in [0.5, 0.6) is 0 Å². The highest BCUT2D eigenvalue weighted by Crippen LogP contribution is 2.33. The van der Waals surface area contributed by atoms with Gasteiger partial charge < -0.3 is 29.7 Å². The number of halogens is 2. The first-order chi connectivity index (χ1) is 22.7. The van der Waals surface area contributed by atoms with E-state index in [0.717, 1.165) is 54.7 Å². The molecule has 4 aliphatic heterocycles. The van der Waals surface area contributed by atoms with Crippen LogP contribution in [0.2, 0.25) is 10.0 Å². The maximum atomic E-state index is 14.0. The fourth-order valence-corrected chi connectivity index (χ4v) is 8.33. The first-order valence-electron chi connectivity index (χ1n) is 17.2. The van der Waals surface area contributed by atoms with Crippen LogP contribution in [0.4, 0.5) is 15.3 Å². The van der Waals surface area contributed by atoms with Gasteiger partial charge in [-0.1, -0.05) is 41.4 Å². The van der Waals surface area contributed by atoms with E-state index in [4.69, 9.17) is 27.9 Å². The lowest BCUT2D eigenvalue weighted by molar-refractivity contribution is -0.142. The average molecular weight is 685 g/mol. The van der Waals surface area contributed by atoms with E-state index >= 15 is 0 Å². The third-order valence-electron chi connectivity index (χ3n) is 10.9. The Morgan fingerprint density at radius 3 is 2.13 bits per heavy atom. The number of urea groups is 1.